The molecule has 0 radical (unpaired) electrons. The SMILES string of the molecule is NCCc1sccc1-c1ccc2[nH]ccc2c1. The number of benzene rings is 1. The highest BCUT2D eigenvalue weighted by Crippen LogP contribution is 2.30. The summed E-state index contributed by atoms with van der Waals surface area (Å²) >= 11 is 1.79. The maximum Gasteiger partial charge on any atom is 0.0454 e. The van der Waals surface area contributed by atoms with Crippen LogP contribution in [0, 0.1) is 0 Å². The molecule has 0 unspecified atom stereocenters. The van der Waals surface area contributed by atoms with Gasteiger partial charge in [0.05, 0.1) is 0 Å². The van der Waals surface area contributed by atoms with Gasteiger partial charge < -0.3 is 10.7 Å². The molecule has 3 heteroatoms. The van der Waals surface area contributed by atoms with Gasteiger partial charge in [0.25, 0.3) is 0 Å². The molecule has 3 N–H and O–H groups in total. The molecule has 0 atom stereocenters. The summed E-state index contributed by atoms with van der Waals surface area (Å²) in [7, 11) is 0. The van der Waals surface area contributed by atoms with E-state index < -0.39 is 0 Å². The molecule has 0 fully saturated rings. The standard InChI is InChI=1S/C14H14N2S/c15-6-3-14-12(5-8-17-14)10-1-2-13-11(9-10)4-7-16-13/h1-2,4-5,7-9,16H,3,6,15H2. The van der Waals surface area contributed by atoms with Crippen LogP contribution in [0.5, 0.6) is 0 Å². The summed E-state index contributed by atoms with van der Waals surface area (Å²) in [6, 6.07) is 10.8. The van der Waals surface area contributed by atoms with Gasteiger partial charge in [-0.15, -0.1) is 11.3 Å². The fraction of sp³-hybridized carbons (Fsp3) is 0.143. The second-order valence-corrected chi connectivity index (χ2v) is 5.08. The number of hydrogen-bond donors (Lipinski definition) is 2. The Balaban J connectivity index is 2.09. The van der Waals surface area contributed by atoms with E-state index in [1.165, 1.54) is 26.9 Å². The van der Waals surface area contributed by atoms with Crippen LogP contribution in [0.2, 0.25) is 0 Å². The van der Waals surface area contributed by atoms with E-state index in [1.807, 2.05) is 6.20 Å². The molecule has 0 aliphatic heterocycles. The molecule has 0 aliphatic carbocycles. The molecule has 3 rings (SSSR count). The van der Waals surface area contributed by atoms with E-state index in [2.05, 4.69) is 40.7 Å². The topological polar surface area (TPSA) is 41.8 Å². The lowest BCUT2D eigenvalue weighted by Crippen LogP contribution is -2.01. The van der Waals surface area contributed by atoms with Gasteiger partial charge in [-0.1, -0.05) is 6.07 Å². The van der Waals surface area contributed by atoms with Gasteiger partial charge in [0, 0.05) is 16.6 Å². The van der Waals surface area contributed by atoms with E-state index in [1.54, 1.807) is 11.3 Å². The molecule has 0 saturated heterocycles. The molecule has 2 heterocycles. The van der Waals surface area contributed by atoms with Crippen molar-refractivity contribution in [3.8, 4) is 11.1 Å². The van der Waals surface area contributed by atoms with Gasteiger partial charge in [-0.2, -0.15) is 0 Å². The van der Waals surface area contributed by atoms with E-state index in [-0.39, 0.29) is 0 Å². The second kappa shape index (κ2) is 4.35. The largest absolute Gasteiger partial charge is 0.361 e. The highest BCUT2D eigenvalue weighted by atomic mass is 32.1. The quantitative estimate of drug-likeness (QED) is 0.726. The lowest BCUT2D eigenvalue weighted by molar-refractivity contribution is 0.990. The van der Waals surface area contributed by atoms with Crippen molar-refractivity contribution in [2.45, 2.75) is 6.42 Å². The molecule has 2 nitrogen and oxygen atoms in total. The summed E-state index contributed by atoms with van der Waals surface area (Å²) in [5.74, 6) is 0. The van der Waals surface area contributed by atoms with Gasteiger partial charge in [-0.05, 0) is 59.1 Å². The third kappa shape index (κ3) is 1.88. The Bertz CT molecular complexity index is 636. The Morgan fingerprint density at radius 2 is 2.12 bits per heavy atom. The van der Waals surface area contributed by atoms with Gasteiger partial charge in [0.1, 0.15) is 0 Å². The Kier molecular flexibility index (Phi) is 2.71. The van der Waals surface area contributed by atoms with Crippen LogP contribution in [0.1, 0.15) is 4.88 Å². The van der Waals surface area contributed by atoms with E-state index in [4.69, 9.17) is 5.73 Å². The zero-order valence-electron chi connectivity index (χ0n) is 9.44. The molecule has 1 aromatic carbocycles. The van der Waals surface area contributed by atoms with Crippen molar-refractivity contribution < 1.29 is 0 Å². The Labute approximate surface area is 104 Å². The predicted molar refractivity (Wildman–Crippen MR) is 74.4 cm³/mol. The van der Waals surface area contributed by atoms with Gasteiger partial charge in [0.2, 0.25) is 0 Å². The molecule has 86 valence electrons. The first-order valence-corrected chi connectivity index (χ1v) is 6.60. The van der Waals surface area contributed by atoms with Gasteiger partial charge in [-0.25, -0.2) is 0 Å². The summed E-state index contributed by atoms with van der Waals surface area (Å²) in [5, 5.41) is 3.40. The van der Waals surface area contributed by atoms with Crippen molar-refractivity contribution in [3.05, 3.63) is 46.8 Å². The van der Waals surface area contributed by atoms with Crippen LogP contribution in [0.25, 0.3) is 22.0 Å². The Hall–Kier alpha value is -1.58. The monoisotopic (exact) mass is 242 g/mol. The maximum atomic E-state index is 5.64. The molecule has 0 saturated carbocycles. The zero-order valence-corrected chi connectivity index (χ0v) is 10.3. The lowest BCUT2D eigenvalue weighted by atomic mass is 10.0. The van der Waals surface area contributed by atoms with E-state index >= 15 is 0 Å². The van der Waals surface area contributed by atoms with Crippen LogP contribution in [-0.2, 0) is 6.42 Å². The number of nitrogens with two attached hydrogens (primary N) is 1. The Morgan fingerprint density at radius 1 is 1.18 bits per heavy atom. The average Bonchev–Trinajstić information content (AvgIpc) is 2.96. The second-order valence-electron chi connectivity index (χ2n) is 4.08. The molecule has 17 heavy (non-hydrogen) atoms. The van der Waals surface area contributed by atoms with Gasteiger partial charge in [-0.3, -0.25) is 0 Å². The number of thiophene rings is 1. The number of aromatic amines is 1. The number of rotatable bonds is 3. The predicted octanol–water partition coefficient (Wildman–Crippen LogP) is 3.40. The van der Waals surface area contributed by atoms with Gasteiger partial charge >= 0.3 is 0 Å². The first-order chi connectivity index (χ1) is 8.38. The van der Waals surface area contributed by atoms with Crippen LogP contribution < -0.4 is 5.73 Å². The minimum atomic E-state index is 0.708. The summed E-state index contributed by atoms with van der Waals surface area (Å²) in [5.41, 5.74) is 9.43. The minimum Gasteiger partial charge on any atom is -0.361 e. The highest BCUT2D eigenvalue weighted by molar-refractivity contribution is 7.10. The van der Waals surface area contributed by atoms with Crippen molar-refractivity contribution in [1.29, 1.82) is 0 Å². The smallest absolute Gasteiger partial charge is 0.0454 e. The van der Waals surface area contributed by atoms with Crippen molar-refractivity contribution in [2.24, 2.45) is 5.73 Å². The number of fused-ring (bicyclic) bond motifs is 1. The van der Waals surface area contributed by atoms with Crippen molar-refractivity contribution >= 4 is 22.2 Å². The van der Waals surface area contributed by atoms with Crippen molar-refractivity contribution in [3.63, 3.8) is 0 Å². The van der Waals surface area contributed by atoms with Crippen LogP contribution in [0.4, 0.5) is 0 Å². The summed E-state index contributed by atoms with van der Waals surface area (Å²) in [6.07, 6.45) is 2.93. The van der Waals surface area contributed by atoms with Crippen LogP contribution in [-0.4, -0.2) is 11.5 Å². The van der Waals surface area contributed by atoms with E-state index in [0.717, 1.165) is 6.42 Å². The molecule has 0 aliphatic rings. The summed E-state index contributed by atoms with van der Waals surface area (Å²) < 4.78 is 0. The first kappa shape index (κ1) is 10.6. The Morgan fingerprint density at radius 3 is 3.00 bits per heavy atom. The van der Waals surface area contributed by atoms with E-state index in [0.29, 0.717) is 6.54 Å². The van der Waals surface area contributed by atoms with Crippen molar-refractivity contribution in [1.82, 2.24) is 4.98 Å². The van der Waals surface area contributed by atoms with Gasteiger partial charge in [0.15, 0.2) is 0 Å². The normalized spacial score (nSPS) is 11.1. The zero-order chi connectivity index (χ0) is 11.7. The number of H-pyrrole nitrogens is 1. The lowest BCUT2D eigenvalue weighted by Gasteiger charge is -2.03. The first-order valence-electron chi connectivity index (χ1n) is 5.72. The average molecular weight is 242 g/mol. The molecule has 2 aromatic heterocycles. The molecule has 0 bridgehead atoms. The number of nitrogens with one attached hydrogen (secondary N) is 1. The molecular weight excluding hydrogens is 228 g/mol. The summed E-state index contributed by atoms with van der Waals surface area (Å²) in [4.78, 5) is 4.59. The molecule has 0 spiro atoms. The van der Waals surface area contributed by atoms with Crippen molar-refractivity contribution in [2.75, 3.05) is 6.54 Å². The third-order valence-corrected chi connectivity index (χ3v) is 3.96. The fourth-order valence-corrected chi connectivity index (χ4v) is 3.06. The summed E-state index contributed by atoms with van der Waals surface area (Å²) in [6.45, 7) is 0.708. The third-order valence-electron chi connectivity index (χ3n) is 2.98. The molecule has 0 amide bonds. The molecular formula is C14H14N2S. The highest BCUT2D eigenvalue weighted by Gasteiger charge is 2.06. The van der Waals surface area contributed by atoms with Crippen LogP contribution >= 0.6 is 11.3 Å². The molecule has 3 aromatic rings. The van der Waals surface area contributed by atoms with Crippen LogP contribution in [0.15, 0.2) is 41.9 Å². The minimum absolute atomic E-state index is 0.708. The number of aromatic nitrogens is 1. The number of hydrogen-bond acceptors (Lipinski definition) is 2. The fourth-order valence-electron chi connectivity index (χ4n) is 2.14. The van der Waals surface area contributed by atoms with E-state index in [9.17, 15) is 0 Å². The maximum absolute atomic E-state index is 5.64. The van der Waals surface area contributed by atoms with Crippen LogP contribution in [0.3, 0.4) is 0 Å².